The fourth-order valence-electron chi connectivity index (χ4n) is 6.64. The lowest BCUT2D eigenvalue weighted by molar-refractivity contribution is 0.210. The van der Waals surface area contributed by atoms with Gasteiger partial charge in [-0.2, -0.15) is 0 Å². The Labute approximate surface area is 225 Å². The Kier molecular flexibility index (Phi) is 7.82. The van der Waals surface area contributed by atoms with Gasteiger partial charge in [0.25, 0.3) is 0 Å². The summed E-state index contributed by atoms with van der Waals surface area (Å²) in [5.74, 6) is 2.22. The predicted molar refractivity (Wildman–Crippen MR) is 154 cm³/mol. The highest BCUT2D eigenvalue weighted by atomic mass is 79.9. The number of fused-ring (bicyclic) bond motifs is 3. The van der Waals surface area contributed by atoms with Crippen LogP contribution in [0.1, 0.15) is 79.7 Å². The number of benzene rings is 3. The lowest BCUT2D eigenvalue weighted by Gasteiger charge is -2.41. The van der Waals surface area contributed by atoms with Gasteiger partial charge < -0.3 is 4.74 Å². The Bertz CT molecular complexity index is 1220. The summed E-state index contributed by atoms with van der Waals surface area (Å²) in [7, 11) is 0. The molecule has 0 radical (unpaired) electrons. The Morgan fingerprint density at radius 1 is 0.972 bits per heavy atom. The highest BCUT2D eigenvalue weighted by Crippen LogP contribution is 2.61. The molecule has 3 aromatic carbocycles. The van der Waals surface area contributed by atoms with Gasteiger partial charge in [0.2, 0.25) is 0 Å². The maximum absolute atomic E-state index is 6.22. The van der Waals surface area contributed by atoms with Gasteiger partial charge in [-0.15, -0.1) is 0 Å². The maximum atomic E-state index is 6.22. The quantitative estimate of drug-likeness (QED) is 0.204. The van der Waals surface area contributed by atoms with Crippen LogP contribution in [0.25, 0.3) is 0 Å². The number of aryl methyl sites for hydroxylation is 1. The van der Waals surface area contributed by atoms with E-state index in [1.54, 1.807) is 5.56 Å². The van der Waals surface area contributed by atoms with E-state index in [1.807, 2.05) is 0 Å². The first-order valence-electron chi connectivity index (χ1n) is 13.5. The van der Waals surface area contributed by atoms with Crippen molar-refractivity contribution in [3.8, 4) is 0 Å². The third-order valence-electron chi connectivity index (χ3n) is 8.43. The van der Waals surface area contributed by atoms with E-state index < -0.39 is 0 Å². The van der Waals surface area contributed by atoms with Crippen LogP contribution >= 0.6 is 15.9 Å². The average Bonchev–Trinajstić information content (AvgIpc) is 3.21. The van der Waals surface area contributed by atoms with Gasteiger partial charge in [0.1, 0.15) is 12.4 Å². The van der Waals surface area contributed by atoms with E-state index in [2.05, 4.69) is 121 Å². The Morgan fingerprint density at radius 3 is 2.47 bits per heavy atom. The molecule has 0 saturated heterocycles. The molecule has 3 unspecified atom stereocenters. The molecular formula is C34H37BrO. The number of rotatable bonds is 8. The first-order valence-corrected chi connectivity index (χ1v) is 14.3. The summed E-state index contributed by atoms with van der Waals surface area (Å²) in [5, 5.41) is 0. The Balaban J connectivity index is 1.43. The first-order chi connectivity index (χ1) is 17.7. The molecule has 0 amide bonds. The molecule has 3 aromatic rings. The van der Waals surface area contributed by atoms with E-state index in [-0.39, 0.29) is 5.41 Å². The molecule has 0 spiro atoms. The van der Waals surface area contributed by atoms with E-state index >= 15 is 0 Å². The molecule has 5 rings (SSSR count). The fourth-order valence-corrected chi connectivity index (χ4v) is 7.00. The molecule has 0 bridgehead atoms. The van der Waals surface area contributed by atoms with Gasteiger partial charge in [0.15, 0.2) is 0 Å². The van der Waals surface area contributed by atoms with Crippen molar-refractivity contribution in [1.82, 2.24) is 0 Å². The van der Waals surface area contributed by atoms with Crippen molar-refractivity contribution in [2.75, 3.05) is 0 Å². The van der Waals surface area contributed by atoms with Crippen molar-refractivity contribution in [1.29, 1.82) is 0 Å². The largest absolute Gasteiger partial charge is 0.489 e. The number of allylic oxidation sites excluding steroid dienone is 3. The molecule has 2 heteroatoms. The van der Waals surface area contributed by atoms with Crippen molar-refractivity contribution in [3.05, 3.63) is 129 Å². The van der Waals surface area contributed by atoms with Gasteiger partial charge in [-0.3, -0.25) is 0 Å². The molecule has 36 heavy (non-hydrogen) atoms. The smallest absolute Gasteiger partial charge is 0.115 e. The topological polar surface area (TPSA) is 9.23 Å². The Hall–Kier alpha value is -2.58. The van der Waals surface area contributed by atoms with Gasteiger partial charge in [0.05, 0.1) is 0 Å². The fraction of sp³-hybridized carbons (Fsp3) is 0.353. The molecule has 0 aromatic heterocycles. The molecule has 3 atom stereocenters. The zero-order chi connectivity index (χ0) is 25.0. The van der Waals surface area contributed by atoms with Crippen LogP contribution in [0.15, 0.2) is 101 Å². The van der Waals surface area contributed by atoms with Gasteiger partial charge in [-0.05, 0) is 96.5 Å². The lowest BCUT2D eigenvalue weighted by atomic mass is 9.62. The van der Waals surface area contributed by atoms with Crippen molar-refractivity contribution >= 4 is 15.9 Å². The summed E-state index contributed by atoms with van der Waals surface area (Å²) in [6, 6.07) is 27.0. The second-order valence-electron chi connectivity index (χ2n) is 10.3. The van der Waals surface area contributed by atoms with E-state index in [0.29, 0.717) is 18.4 Å². The van der Waals surface area contributed by atoms with E-state index in [0.717, 1.165) is 18.6 Å². The normalized spacial score (nSPS) is 23.5. The second-order valence-corrected chi connectivity index (χ2v) is 11.2. The minimum Gasteiger partial charge on any atom is -0.489 e. The first kappa shape index (κ1) is 25.1. The monoisotopic (exact) mass is 540 g/mol. The van der Waals surface area contributed by atoms with E-state index in [4.69, 9.17) is 4.74 Å². The number of hydrogen-bond donors (Lipinski definition) is 0. The van der Waals surface area contributed by atoms with Gasteiger partial charge in [-0.1, -0.05) is 102 Å². The van der Waals surface area contributed by atoms with Crippen LogP contribution in [0.4, 0.5) is 0 Å². The van der Waals surface area contributed by atoms with Crippen LogP contribution in [-0.4, -0.2) is 0 Å². The Morgan fingerprint density at radius 2 is 1.72 bits per heavy atom. The summed E-state index contributed by atoms with van der Waals surface area (Å²) in [5.41, 5.74) is 7.10. The zero-order valence-electron chi connectivity index (χ0n) is 21.6. The SMILES string of the molecule is C/C=C(\C=C/CC1(c2ccccc2)c2cc(Br)ccc2C2CCCCC21)OCc1ccc(CC)cc1. The van der Waals surface area contributed by atoms with Gasteiger partial charge in [-0.25, -0.2) is 0 Å². The molecule has 0 N–H and O–H groups in total. The molecule has 1 fully saturated rings. The molecule has 0 aliphatic heterocycles. The summed E-state index contributed by atoms with van der Waals surface area (Å²) in [6.45, 7) is 4.84. The van der Waals surface area contributed by atoms with Crippen LogP contribution in [0.5, 0.6) is 0 Å². The van der Waals surface area contributed by atoms with Crippen molar-refractivity contribution in [2.24, 2.45) is 5.92 Å². The van der Waals surface area contributed by atoms with Crippen LogP contribution < -0.4 is 0 Å². The molecular weight excluding hydrogens is 504 g/mol. The van der Waals surface area contributed by atoms with Crippen LogP contribution in [-0.2, 0) is 23.2 Å². The minimum absolute atomic E-state index is 0.00318. The number of halogens is 1. The second kappa shape index (κ2) is 11.2. The van der Waals surface area contributed by atoms with Crippen molar-refractivity contribution in [2.45, 2.75) is 70.3 Å². The predicted octanol–water partition coefficient (Wildman–Crippen LogP) is 9.65. The molecule has 186 valence electrons. The molecule has 1 nitrogen and oxygen atoms in total. The minimum atomic E-state index is -0.00318. The summed E-state index contributed by atoms with van der Waals surface area (Å²) >= 11 is 3.80. The number of ether oxygens (including phenoxy) is 1. The van der Waals surface area contributed by atoms with E-state index in [1.165, 1.54) is 52.4 Å². The number of hydrogen-bond acceptors (Lipinski definition) is 1. The molecule has 2 aliphatic carbocycles. The summed E-state index contributed by atoms with van der Waals surface area (Å²) in [6.07, 6.45) is 13.9. The van der Waals surface area contributed by atoms with Crippen LogP contribution in [0.2, 0.25) is 0 Å². The standard InChI is InChI=1S/C34H37BrO/c1-3-25-16-18-26(19-17-25)24-36-29(4-2)13-10-22-34(27-11-6-5-7-12-27)32-15-9-8-14-30(32)31-21-20-28(35)23-33(31)34/h4-7,10-13,16-21,23,30,32H,3,8-9,14-15,22,24H2,1-2H3/b13-10-,29-4+. The van der Waals surface area contributed by atoms with Crippen molar-refractivity contribution < 1.29 is 4.74 Å². The molecule has 2 aliphatic rings. The highest BCUT2D eigenvalue weighted by molar-refractivity contribution is 9.10. The third-order valence-corrected chi connectivity index (χ3v) is 8.92. The molecule has 0 heterocycles. The molecule has 1 saturated carbocycles. The van der Waals surface area contributed by atoms with Gasteiger partial charge in [0, 0.05) is 9.89 Å². The summed E-state index contributed by atoms with van der Waals surface area (Å²) < 4.78 is 7.39. The van der Waals surface area contributed by atoms with Crippen LogP contribution in [0.3, 0.4) is 0 Å². The highest BCUT2D eigenvalue weighted by Gasteiger charge is 2.52. The van der Waals surface area contributed by atoms with Gasteiger partial charge >= 0.3 is 0 Å². The maximum Gasteiger partial charge on any atom is 0.115 e. The summed E-state index contributed by atoms with van der Waals surface area (Å²) in [4.78, 5) is 0. The zero-order valence-corrected chi connectivity index (χ0v) is 23.1. The third kappa shape index (κ3) is 4.85. The van der Waals surface area contributed by atoms with Crippen molar-refractivity contribution in [3.63, 3.8) is 0 Å². The average molecular weight is 542 g/mol. The van der Waals surface area contributed by atoms with E-state index in [9.17, 15) is 0 Å². The van der Waals surface area contributed by atoms with Crippen LogP contribution in [0, 0.1) is 5.92 Å². The lowest BCUT2D eigenvalue weighted by Crippen LogP contribution is -2.35.